The molecule has 1 saturated carbocycles. The lowest BCUT2D eigenvalue weighted by Crippen LogP contribution is -2.34. The summed E-state index contributed by atoms with van der Waals surface area (Å²) in [6.45, 7) is 3.03. The predicted octanol–water partition coefficient (Wildman–Crippen LogP) is 3.53. The summed E-state index contributed by atoms with van der Waals surface area (Å²) in [5.41, 5.74) is 1.11. The molecule has 3 nitrogen and oxygen atoms in total. The first kappa shape index (κ1) is 14.9. The van der Waals surface area contributed by atoms with Crippen LogP contribution in [0.5, 0.6) is 5.75 Å². The molecule has 0 N–H and O–H groups in total. The normalized spacial score (nSPS) is 22.6. The number of hydrogen-bond donors (Lipinski definition) is 0. The standard InChI is InChI=1S/C17H25NO2/c1-4-13-8-9-17(19)14(10-13)12-18(2)15-6-5-7-16(11-15)20-3/h5-7,11,13-14H,4,8-10,12H2,1-3H3. The molecule has 110 valence electrons. The van der Waals surface area contributed by atoms with Crippen LogP contribution in [0.1, 0.15) is 32.6 Å². The Balaban J connectivity index is 2.02. The number of benzene rings is 1. The molecule has 2 atom stereocenters. The molecule has 1 aliphatic rings. The Labute approximate surface area is 121 Å². The van der Waals surface area contributed by atoms with Crippen LogP contribution in [0, 0.1) is 11.8 Å². The van der Waals surface area contributed by atoms with E-state index in [1.807, 2.05) is 18.2 Å². The minimum atomic E-state index is 0.185. The first-order valence-corrected chi connectivity index (χ1v) is 7.52. The predicted molar refractivity (Wildman–Crippen MR) is 82.4 cm³/mol. The molecule has 0 aromatic heterocycles. The number of methoxy groups -OCH3 is 1. The average Bonchev–Trinajstić information content (AvgIpc) is 2.49. The van der Waals surface area contributed by atoms with Crippen LogP contribution in [0.15, 0.2) is 24.3 Å². The molecule has 3 heteroatoms. The van der Waals surface area contributed by atoms with Gasteiger partial charge in [-0.25, -0.2) is 0 Å². The van der Waals surface area contributed by atoms with Gasteiger partial charge in [-0.3, -0.25) is 4.79 Å². The summed E-state index contributed by atoms with van der Waals surface area (Å²) in [6.07, 6.45) is 4.07. The zero-order chi connectivity index (χ0) is 14.5. The maximum Gasteiger partial charge on any atom is 0.137 e. The highest BCUT2D eigenvalue weighted by atomic mass is 16.5. The molecule has 2 unspecified atom stereocenters. The molecule has 1 aliphatic carbocycles. The third kappa shape index (κ3) is 3.53. The lowest BCUT2D eigenvalue weighted by molar-refractivity contribution is -0.125. The van der Waals surface area contributed by atoms with Crippen LogP contribution < -0.4 is 9.64 Å². The van der Waals surface area contributed by atoms with Crippen molar-refractivity contribution in [2.45, 2.75) is 32.6 Å². The van der Waals surface area contributed by atoms with Gasteiger partial charge >= 0.3 is 0 Å². The van der Waals surface area contributed by atoms with Gasteiger partial charge < -0.3 is 9.64 Å². The van der Waals surface area contributed by atoms with Gasteiger partial charge in [0, 0.05) is 37.7 Å². The Morgan fingerprint density at radius 3 is 2.90 bits per heavy atom. The van der Waals surface area contributed by atoms with Crippen LogP contribution in [0.4, 0.5) is 5.69 Å². The minimum Gasteiger partial charge on any atom is -0.497 e. The van der Waals surface area contributed by atoms with Crippen molar-refractivity contribution in [2.24, 2.45) is 11.8 Å². The molecule has 2 rings (SSSR count). The van der Waals surface area contributed by atoms with Crippen molar-refractivity contribution in [3.05, 3.63) is 24.3 Å². The van der Waals surface area contributed by atoms with E-state index in [2.05, 4.69) is 24.9 Å². The molecule has 0 aliphatic heterocycles. The van der Waals surface area contributed by atoms with Crippen molar-refractivity contribution in [2.75, 3.05) is 25.6 Å². The lowest BCUT2D eigenvalue weighted by atomic mass is 9.79. The number of hydrogen-bond acceptors (Lipinski definition) is 3. The van der Waals surface area contributed by atoms with E-state index in [-0.39, 0.29) is 5.92 Å². The zero-order valence-electron chi connectivity index (χ0n) is 12.8. The highest BCUT2D eigenvalue weighted by Crippen LogP contribution is 2.30. The average molecular weight is 275 g/mol. The van der Waals surface area contributed by atoms with E-state index < -0.39 is 0 Å². The molecule has 1 aromatic rings. The Morgan fingerprint density at radius 1 is 1.40 bits per heavy atom. The monoisotopic (exact) mass is 275 g/mol. The van der Waals surface area contributed by atoms with Crippen molar-refractivity contribution in [3.8, 4) is 5.75 Å². The summed E-state index contributed by atoms with van der Waals surface area (Å²) in [5, 5.41) is 0. The fourth-order valence-corrected chi connectivity index (χ4v) is 3.03. The molecule has 0 saturated heterocycles. The maximum atomic E-state index is 12.1. The Hall–Kier alpha value is -1.51. The number of carbonyl (C=O) groups excluding carboxylic acids is 1. The van der Waals surface area contributed by atoms with Crippen molar-refractivity contribution < 1.29 is 9.53 Å². The van der Waals surface area contributed by atoms with Crippen LogP contribution in [-0.2, 0) is 4.79 Å². The van der Waals surface area contributed by atoms with E-state index in [1.54, 1.807) is 7.11 Å². The summed E-state index contributed by atoms with van der Waals surface area (Å²) in [5.74, 6) is 2.20. The number of ketones is 1. The zero-order valence-corrected chi connectivity index (χ0v) is 12.8. The lowest BCUT2D eigenvalue weighted by Gasteiger charge is -2.31. The summed E-state index contributed by atoms with van der Waals surface area (Å²) in [6, 6.07) is 8.01. The molecule has 1 fully saturated rings. The molecule has 0 radical (unpaired) electrons. The van der Waals surface area contributed by atoms with Crippen molar-refractivity contribution in [3.63, 3.8) is 0 Å². The summed E-state index contributed by atoms with van der Waals surface area (Å²) in [7, 11) is 3.73. The Morgan fingerprint density at radius 2 is 2.20 bits per heavy atom. The quantitative estimate of drug-likeness (QED) is 0.823. The van der Waals surface area contributed by atoms with Gasteiger partial charge in [-0.2, -0.15) is 0 Å². The van der Waals surface area contributed by atoms with Crippen LogP contribution in [-0.4, -0.2) is 26.5 Å². The number of nitrogens with zero attached hydrogens (tertiary/aromatic N) is 1. The van der Waals surface area contributed by atoms with Crippen LogP contribution >= 0.6 is 0 Å². The highest BCUT2D eigenvalue weighted by molar-refractivity contribution is 5.82. The topological polar surface area (TPSA) is 29.5 Å². The van der Waals surface area contributed by atoms with Crippen LogP contribution in [0.2, 0.25) is 0 Å². The number of ether oxygens (including phenoxy) is 1. The fraction of sp³-hybridized carbons (Fsp3) is 0.588. The number of Topliss-reactive ketones (excluding diaryl/α,β-unsaturated/α-hetero) is 1. The van der Waals surface area contributed by atoms with Crippen molar-refractivity contribution in [1.82, 2.24) is 0 Å². The van der Waals surface area contributed by atoms with Crippen LogP contribution in [0.3, 0.4) is 0 Å². The first-order valence-electron chi connectivity index (χ1n) is 7.52. The van der Waals surface area contributed by atoms with Crippen molar-refractivity contribution in [1.29, 1.82) is 0 Å². The van der Waals surface area contributed by atoms with Gasteiger partial charge in [0.05, 0.1) is 7.11 Å². The Bertz CT molecular complexity index is 458. The summed E-state index contributed by atoms with van der Waals surface area (Å²) < 4.78 is 5.26. The number of carbonyl (C=O) groups is 1. The molecule has 20 heavy (non-hydrogen) atoms. The molecule has 0 bridgehead atoms. The van der Waals surface area contributed by atoms with Gasteiger partial charge in [0.2, 0.25) is 0 Å². The third-order valence-electron chi connectivity index (χ3n) is 4.44. The smallest absolute Gasteiger partial charge is 0.137 e. The molecule has 1 aromatic carbocycles. The van der Waals surface area contributed by atoms with Gasteiger partial charge in [0.25, 0.3) is 0 Å². The number of rotatable bonds is 5. The van der Waals surface area contributed by atoms with Gasteiger partial charge in [-0.1, -0.05) is 19.4 Å². The van der Waals surface area contributed by atoms with E-state index in [0.29, 0.717) is 5.78 Å². The number of anilines is 1. The SMILES string of the molecule is CCC1CCC(=O)C(CN(C)c2cccc(OC)c2)C1. The third-order valence-corrected chi connectivity index (χ3v) is 4.44. The largest absolute Gasteiger partial charge is 0.497 e. The van der Waals surface area contributed by atoms with Crippen LogP contribution in [0.25, 0.3) is 0 Å². The van der Waals surface area contributed by atoms with Gasteiger partial charge in [0.1, 0.15) is 11.5 Å². The molecular formula is C17H25NO2. The Kier molecular flexibility index (Phi) is 5.05. The first-order chi connectivity index (χ1) is 9.63. The minimum absolute atomic E-state index is 0.185. The van der Waals surface area contributed by atoms with Gasteiger partial charge in [-0.15, -0.1) is 0 Å². The van der Waals surface area contributed by atoms with Crippen molar-refractivity contribution >= 4 is 11.5 Å². The molecule has 0 heterocycles. The molecule has 0 amide bonds. The van der Waals surface area contributed by atoms with Gasteiger partial charge in [-0.05, 0) is 30.9 Å². The van der Waals surface area contributed by atoms with E-state index >= 15 is 0 Å². The van der Waals surface area contributed by atoms with Gasteiger partial charge in [0.15, 0.2) is 0 Å². The maximum absolute atomic E-state index is 12.1. The summed E-state index contributed by atoms with van der Waals surface area (Å²) in [4.78, 5) is 14.3. The second-order valence-corrected chi connectivity index (χ2v) is 5.79. The second kappa shape index (κ2) is 6.78. The molecule has 0 spiro atoms. The summed E-state index contributed by atoms with van der Waals surface area (Å²) >= 11 is 0. The highest BCUT2D eigenvalue weighted by Gasteiger charge is 2.28. The second-order valence-electron chi connectivity index (χ2n) is 5.79. The molecular weight excluding hydrogens is 250 g/mol. The van der Waals surface area contributed by atoms with E-state index in [4.69, 9.17) is 4.74 Å². The van der Waals surface area contributed by atoms with E-state index in [1.165, 1.54) is 6.42 Å². The van der Waals surface area contributed by atoms with E-state index in [0.717, 1.165) is 43.2 Å². The van der Waals surface area contributed by atoms with E-state index in [9.17, 15) is 4.79 Å². The fourth-order valence-electron chi connectivity index (χ4n) is 3.03.